The summed E-state index contributed by atoms with van der Waals surface area (Å²) >= 11 is 0. The van der Waals surface area contributed by atoms with Gasteiger partial charge in [-0.3, -0.25) is 10.1 Å². The van der Waals surface area contributed by atoms with Crippen LogP contribution in [0.4, 0.5) is 0 Å². The molecule has 0 aromatic carbocycles. The normalized spacial score (nSPS) is 27.6. The minimum atomic E-state index is 0.0532. The average Bonchev–Trinajstić information content (AvgIpc) is 2.97. The molecule has 2 aliphatic rings. The fourth-order valence-electron chi connectivity index (χ4n) is 4.21. The molecule has 3 nitrogen and oxygen atoms in total. The molecule has 1 amide bonds. The molecule has 0 spiro atoms. The van der Waals surface area contributed by atoms with Gasteiger partial charge < -0.3 is 4.90 Å². The van der Waals surface area contributed by atoms with E-state index in [9.17, 15) is 4.79 Å². The number of carbonyl (C=O) groups is 1. The smallest absolute Gasteiger partial charge is 0.241 e. The van der Waals surface area contributed by atoms with E-state index in [0.29, 0.717) is 17.2 Å². The second-order valence-electron chi connectivity index (χ2n) is 7.57. The lowest BCUT2D eigenvalue weighted by Gasteiger charge is -2.35. The first kappa shape index (κ1) is 15.8. The van der Waals surface area contributed by atoms with Crippen molar-refractivity contribution in [3.63, 3.8) is 0 Å². The highest BCUT2D eigenvalue weighted by molar-refractivity contribution is 5.84. The molecule has 0 radical (unpaired) electrons. The Hall–Kier alpha value is -0.570. The van der Waals surface area contributed by atoms with E-state index in [4.69, 9.17) is 0 Å². The Bertz CT molecular complexity index is 334. The Balaban J connectivity index is 2.00. The van der Waals surface area contributed by atoms with Gasteiger partial charge in [0.05, 0.1) is 12.7 Å². The van der Waals surface area contributed by atoms with Crippen LogP contribution in [0.1, 0.15) is 66.2 Å². The van der Waals surface area contributed by atoms with Gasteiger partial charge >= 0.3 is 0 Å². The molecule has 116 valence electrons. The van der Waals surface area contributed by atoms with Gasteiger partial charge in [0.2, 0.25) is 5.91 Å². The summed E-state index contributed by atoms with van der Waals surface area (Å²) < 4.78 is 0. The first-order valence-electron chi connectivity index (χ1n) is 8.49. The molecule has 2 atom stereocenters. The summed E-state index contributed by atoms with van der Waals surface area (Å²) in [5, 5.41) is 3.43. The van der Waals surface area contributed by atoms with Gasteiger partial charge in [-0.25, -0.2) is 0 Å². The third-order valence-corrected chi connectivity index (χ3v) is 5.32. The molecule has 2 unspecified atom stereocenters. The van der Waals surface area contributed by atoms with E-state index in [2.05, 4.69) is 37.9 Å². The van der Waals surface area contributed by atoms with E-state index in [1.165, 1.54) is 32.1 Å². The lowest BCUT2D eigenvalue weighted by Crippen LogP contribution is -2.40. The fraction of sp³-hybridized carbons (Fsp3) is 0.941. The molecule has 2 rings (SSSR count). The molecule has 0 aromatic heterocycles. The lowest BCUT2D eigenvalue weighted by molar-refractivity contribution is -0.131. The van der Waals surface area contributed by atoms with Crippen molar-refractivity contribution < 1.29 is 4.79 Å². The van der Waals surface area contributed by atoms with Crippen LogP contribution in [0.3, 0.4) is 0 Å². The van der Waals surface area contributed by atoms with Gasteiger partial charge in [0, 0.05) is 6.54 Å². The van der Waals surface area contributed by atoms with E-state index in [0.717, 1.165) is 25.6 Å². The molecular weight excluding hydrogens is 248 g/mol. The maximum absolute atomic E-state index is 12.6. The van der Waals surface area contributed by atoms with Crippen molar-refractivity contribution >= 4 is 5.91 Å². The monoisotopic (exact) mass is 280 g/mol. The number of nitrogens with zero attached hydrogens (tertiary/aromatic N) is 1. The molecular formula is C17H32N2O. The van der Waals surface area contributed by atoms with Crippen LogP contribution in [-0.4, -0.2) is 30.1 Å². The zero-order valence-corrected chi connectivity index (χ0v) is 13.7. The molecule has 1 aliphatic carbocycles. The number of amides is 1. The van der Waals surface area contributed by atoms with Gasteiger partial charge in [-0.05, 0) is 36.5 Å². The summed E-state index contributed by atoms with van der Waals surface area (Å²) in [5.74, 6) is 1.51. The van der Waals surface area contributed by atoms with Gasteiger partial charge in [-0.1, -0.05) is 47.0 Å². The Morgan fingerprint density at radius 2 is 1.95 bits per heavy atom. The number of rotatable bonds is 6. The predicted octanol–water partition coefficient (Wildman–Crippen LogP) is 3.40. The minimum absolute atomic E-state index is 0.0532. The Kier molecular flexibility index (Phi) is 5.11. The summed E-state index contributed by atoms with van der Waals surface area (Å²) in [6.07, 6.45) is 7.64. The topological polar surface area (TPSA) is 32.3 Å². The lowest BCUT2D eigenvalue weighted by atomic mass is 9.78. The number of carbonyl (C=O) groups excluding carboxylic acids is 1. The number of nitrogens with one attached hydrogen (secondary N) is 1. The molecule has 1 N–H and O–H groups in total. The van der Waals surface area contributed by atoms with Gasteiger partial charge in [-0.15, -0.1) is 0 Å². The van der Waals surface area contributed by atoms with E-state index in [1.54, 1.807) is 0 Å². The fourth-order valence-corrected chi connectivity index (χ4v) is 4.21. The van der Waals surface area contributed by atoms with Crippen molar-refractivity contribution in [2.75, 3.05) is 13.2 Å². The maximum Gasteiger partial charge on any atom is 0.241 e. The summed E-state index contributed by atoms with van der Waals surface area (Å²) in [4.78, 5) is 14.7. The van der Waals surface area contributed by atoms with Crippen LogP contribution in [0, 0.1) is 17.3 Å². The van der Waals surface area contributed by atoms with E-state index < -0.39 is 0 Å². The molecule has 3 heteroatoms. The van der Waals surface area contributed by atoms with Gasteiger partial charge in [0.15, 0.2) is 0 Å². The van der Waals surface area contributed by atoms with E-state index >= 15 is 0 Å². The molecule has 1 saturated heterocycles. The van der Waals surface area contributed by atoms with Crippen LogP contribution in [0.5, 0.6) is 0 Å². The summed E-state index contributed by atoms with van der Waals surface area (Å²) in [7, 11) is 0. The predicted molar refractivity (Wildman–Crippen MR) is 83.3 cm³/mol. The highest BCUT2D eigenvalue weighted by atomic mass is 16.2. The first-order chi connectivity index (χ1) is 9.47. The Morgan fingerprint density at radius 1 is 1.30 bits per heavy atom. The van der Waals surface area contributed by atoms with Crippen LogP contribution in [-0.2, 0) is 4.79 Å². The van der Waals surface area contributed by atoms with Crippen molar-refractivity contribution in [1.82, 2.24) is 10.2 Å². The van der Waals surface area contributed by atoms with Crippen molar-refractivity contribution in [1.29, 1.82) is 0 Å². The molecule has 0 aromatic rings. The first-order valence-corrected chi connectivity index (χ1v) is 8.49. The minimum Gasteiger partial charge on any atom is -0.328 e. The highest BCUT2D eigenvalue weighted by Crippen LogP contribution is 2.44. The molecule has 1 heterocycles. The largest absolute Gasteiger partial charge is 0.328 e. The van der Waals surface area contributed by atoms with Crippen molar-refractivity contribution in [3.8, 4) is 0 Å². The number of hydrogen-bond acceptors (Lipinski definition) is 2. The molecule has 0 bridgehead atoms. The molecule has 20 heavy (non-hydrogen) atoms. The van der Waals surface area contributed by atoms with Crippen LogP contribution in [0.25, 0.3) is 0 Å². The van der Waals surface area contributed by atoms with Crippen molar-refractivity contribution in [3.05, 3.63) is 0 Å². The van der Waals surface area contributed by atoms with Gasteiger partial charge in [0.25, 0.3) is 0 Å². The maximum atomic E-state index is 12.6. The van der Waals surface area contributed by atoms with Gasteiger partial charge in [0.1, 0.15) is 0 Å². The molecule has 2 fully saturated rings. The zero-order chi connectivity index (χ0) is 14.8. The van der Waals surface area contributed by atoms with Crippen LogP contribution < -0.4 is 5.32 Å². The third kappa shape index (κ3) is 3.36. The Morgan fingerprint density at radius 3 is 2.50 bits per heavy atom. The standard InChI is InChI=1S/C17H32N2O/c1-5-14(4)15-16(20)19(12-18-15)11-17(10-13(2)3)8-6-7-9-17/h13-15,18H,5-12H2,1-4H3. The molecule has 1 aliphatic heterocycles. The average molecular weight is 280 g/mol. The van der Waals surface area contributed by atoms with E-state index in [1.807, 2.05) is 0 Å². The van der Waals surface area contributed by atoms with Gasteiger partial charge in [-0.2, -0.15) is 0 Å². The quantitative estimate of drug-likeness (QED) is 0.809. The SMILES string of the molecule is CCC(C)C1NCN(CC2(CC(C)C)CCCC2)C1=O. The van der Waals surface area contributed by atoms with Crippen molar-refractivity contribution in [2.45, 2.75) is 72.3 Å². The second-order valence-corrected chi connectivity index (χ2v) is 7.57. The van der Waals surface area contributed by atoms with Crippen LogP contribution >= 0.6 is 0 Å². The number of hydrogen-bond donors (Lipinski definition) is 1. The zero-order valence-electron chi connectivity index (χ0n) is 13.7. The molecule has 1 saturated carbocycles. The third-order valence-electron chi connectivity index (χ3n) is 5.32. The summed E-state index contributed by atoms with van der Waals surface area (Å²) in [5.41, 5.74) is 0.399. The second kappa shape index (κ2) is 6.46. The summed E-state index contributed by atoms with van der Waals surface area (Å²) in [6, 6.07) is 0.0532. The van der Waals surface area contributed by atoms with Crippen LogP contribution in [0.15, 0.2) is 0 Å². The Labute approximate surface area is 124 Å². The highest BCUT2D eigenvalue weighted by Gasteiger charge is 2.41. The van der Waals surface area contributed by atoms with Crippen molar-refractivity contribution in [2.24, 2.45) is 17.3 Å². The van der Waals surface area contributed by atoms with E-state index in [-0.39, 0.29) is 6.04 Å². The van der Waals surface area contributed by atoms with Crippen LogP contribution in [0.2, 0.25) is 0 Å². The summed E-state index contributed by atoms with van der Waals surface area (Å²) in [6.45, 7) is 10.7.